The Kier molecular flexibility index (Phi) is 5.73. The van der Waals surface area contributed by atoms with Crippen molar-refractivity contribution in [1.82, 2.24) is 10.6 Å². The normalized spacial score (nSPS) is 20.0. The van der Waals surface area contributed by atoms with Crippen LogP contribution in [0.3, 0.4) is 0 Å². The van der Waals surface area contributed by atoms with Crippen molar-refractivity contribution in [3.8, 4) is 11.5 Å². The molecule has 26 heavy (non-hydrogen) atoms. The first-order chi connectivity index (χ1) is 11.6. The zero-order valence-corrected chi connectivity index (χ0v) is 16.3. The van der Waals surface area contributed by atoms with E-state index in [-0.39, 0.29) is 36.3 Å². The average Bonchev–Trinajstić information content (AvgIpc) is 2.91. The van der Waals surface area contributed by atoms with Crippen LogP contribution in [0.15, 0.2) is 18.2 Å². The standard InChI is InChI=1S/C18H25N3O4.ClH/c1-17(2)8-12(9-18(3,4)21-17)20-16(23)15(22)19-11-5-6-13-14(7-11)25-10-24-13;/h5-7,12,21H,8-10H2,1-4H3,(H,19,22)(H,20,23);1H. The number of ether oxygens (including phenoxy) is 2. The number of hydrogen-bond donors (Lipinski definition) is 3. The number of nitrogens with one attached hydrogen (secondary N) is 3. The van der Waals surface area contributed by atoms with Crippen molar-refractivity contribution in [1.29, 1.82) is 0 Å². The molecule has 0 aromatic heterocycles. The number of amides is 2. The van der Waals surface area contributed by atoms with E-state index >= 15 is 0 Å². The Bertz CT molecular complexity index is 690. The Morgan fingerprint density at radius 2 is 1.65 bits per heavy atom. The minimum Gasteiger partial charge on any atom is -0.454 e. The molecular formula is C18H26ClN3O4. The number of halogens is 1. The number of carbonyl (C=O) groups excluding carboxylic acids is 2. The van der Waals surface area contributed by atoms with Gasteiger partial charge in [-0.25, -0.2) is 0 Å². The lowest BCUT2D eigenvalue weighted by Gasteiger charge is -2.46. The molecule has 0 bridgehead atoms. The summed E-state index contributed by atoms with van der Waals surface area (Å²) in [6.45, 7) is 8.55. The van der Waals surface area contributed by atoms with Crippen molar-refractivity contribution in [3.63, 3.8) is 0 Å². The summed E-state index contributed by atoms with van der Waals surface area (Å²) in [5, 5.41) is 9.01. The van der Waals surface area contributed by atoms with E-state index in [4.69, 9.17) is 9.47 Å². The van der Waals surface area contributed by atoms with Gasteiger partial charge in [0.2, 0.25) is 6.79 Å². The highest BCUT2D eigenvalue weighted by Crippen LogP contribution is 2.34. The molecule has 1 fully saturated rings. The summed E-state index contributed by atoms with van der Waals surface area (Å²) in [6, 6.07) is 4.97. The van der Waals surface area contributed by atoms with E-state index in [1.807, 2.05) is 0 Å². The molecule has 0 radical (unpaired) electrons. The fourth-order valence-corrected chi connectivity index (χ4v) is 3.84. The smallest absolute Gasteiger partial charge is 0.313 e. The SMILES string of the molecule is CC1(C)CC(NC(=O)C(=O)Nc2ccc3c(c2)OCO3)CC(C)(C)N1.Cl. The molecule has 3 N–H and O–H groups in total. The minimum atomic E-state index is -0.687. The lowest BCUT2D eigenvalue weighted by Crippen LogP contribution is -2.62. The molecule has 0 aliphatic carbocycles. The van der Waals surface area contributed by atoms with Crippen LogP contribution in [0.2, 0.25) is 0 Å². The van der Waals surface area contributed by atoms with Gasteiger partial charge in [0.1, 0.15) is 0 Å². The summed E-state index contributed by atoms with van der Waals surface area (Å²) < 4.78 is 10.5. The Morgan fingerprint density at radius 1 is 1.04 bits per heavy atom. The molecule has 0 saturated carbocycles. The fourth-order valence-electron chi connectivity index (χ4n) is 3.84. The zero-order chi connectivity index (χ0) is 18.2. The maximum Gasteiger partial charge on any atom is 0.313 e. The lowest BCUT2D eigenvalue weighted by atomic mass is 9.79. The van der Waals surface area contributed by atoms with Gasteiger partial charge >= 0.3 is 11.8 Å². The first-order valence-electron chi connectivity index (χ1n) is 8.44. The molecular weight excluding hydrogens is 358 g/mol. The van der Waals surface area contributed by atoms with E-state index in [0.29, 0.717) is 17.2 Å². The zero-order valence-electron chi connectivity index (χ0n) is 15.5. The largest absolute Gasteiger partial charge is 0.454 e. The molecule has 0 spiro atoms. The van der Waals surface area contributed by atoms with Gasteiger partial charge in [-0.05, 0) is 52.7 Å². The average molecular weight is 384 g/mol. The second-order valence-electron chi connectivity index (χ2n) is 7.99. The van der Waals surface area contributed by atoms with Gasteiger partial charge in [-0.3, -0.25) is 9.59 Å². The number of benzene rings is 1. The first-order valence-corrected chi connectivity index (χ1v) is 8.44. The Labute approximate surface area is 159 Å². The molecule has 2 heterocycles. The van der Waals surface area contributed by atoms with E-state index in [9.17, 15) is 9.59 Å². The van der Waals surface area contributed by atoms with Crippen LogP contribution in [-0.4, -0.2) is 35.7 Å². The first kappa shape index (κ1) is 20.3. The van der Waals surface area contributed by atoms with Crippen molar-refractivity contribution < 1.29 is 19.1 Å². The van der Waals surface area contributed by atoms with Crippen LogP contribution in [0.25, 0.3) is 0 Å². The Morgan fingerprint density at radius 3 is 2.31 bits per heavy atom. The summed E-state index contributed by atoms with van der Waals surface area (Å²) in [6.07, 6.45) is 1.53. The highest BCUT2D eigenvalue weighted by atomic mass is 35.5. The second kappa shape index (κ2) is 7.32. The van der Waals surface area contributed by atoms with Crippen LogP contribution in [0.5, 0.6) is 11.5 Å². The van der Waals surface area contributed by atoms with E-state index in [1.165, 1.54) is 0 Å². The molecule has 2 aliphatic rings. The third kappa shape index (κ3) is 4.80. The van der Waals surface area contributed by atoms with E-state index in [0.717, 1.165) is 12.8 Å². The monoisotopic (exact) mass is 383 g/mol. The van der Waals surface area contributed by atoms with Gasteiger partial charge in [-0.1, -0.05) is 0 Å². The minimum absolute atomic E-state index is 0. The third-order valence-electron chi connectivity index (χ3n) is 4.36. The van der Waals surface area contributed by atoms with Gasteiger partial charge in [0.05, 0.1) is 0 Å². The summed E-state index contributed by atoms with van der Waals surface area (Å²) in [5.74, 6) is -0.133. The number of hydrogen-bond acceptors (Lipinski definition) is 5. The molecule has 144 valence electrons. The molecule has 1 saturated heterocycles. The second-order valence-corrected chi connectivity index (χ2v) is 7.99. The number of carbonyl (C=O) groups is 2. The van der Waals surface area contributed by atoms with Crippen molar-refractivity contribution in [2.75, 3.05) is 12.1 Å². The molecule has 8 heteroatoms. The summed E-state index contributed by atoms with van der Waals surface area (Å²) in [5.41, 5.74) is 0.288. The summed E-state index contributed by atoms with van der Waals surface area (Å²) in [4.78, 5) is 24.5. The quantitative estimate of drug-likeness (QED) is 0.681. The van der Waals surface area contributed by atoms with Crippen LogP contribution >= 0.6 is 12.4 Å². The highest BCUT2D eigenvalue weighted by molar-refractivity contribution is 6.39. The fraction of sp³-hybridized carbons (Fsp3) is 0.556. The van der Waals surface area contributed by atoms with Crippen molar-refractivity contribution in [2.45, 2.75) is 57.7 Å². The van der Waals surface area contributed by atoms with Crippen molar-refractivity contribution in [2.24, 2.45) is 0 Å². The number of piperidine rings is 1. The van der Waals surface area contributed by atoms with Gasteiger partial charge in [-0.2, -0.15) is 0 Å². The topological polar surface area (TPSA) is 88.7 Å². The van der Waals surface area contributed by atoms with Gasteiger partial charge in [0.25, 0.3) is 0 Å². The van der Waals surface area contributed by atoms with Crippen LogP contribution in [0.4, 0.5) is 5.69 Å². The molecule has 1 aromatic rings. The summed E-state index contributed by atoms with van der Waals surface area (Å²) in [7, 11) is 0. The van der Waals surface area contributed by atoms with Crippen LogP contribution in [-0.2, 0) is 9.59 Å². The Balaban J connectivity index is 0.00000243. The van der Waals surface area contributed by atoms with E-state index in [2.05, 4.69) is 43.6 Å². The third-order valence-corrected chi connectivity index (χ3v) is 4.36. The molecule has 2 amide bonds. The van der Waals surface area contributed by atoms with Crippen LogP contribution in [0.1, 0.15) is 40.5 Å². The lowest BCUT2D eigenvalue weighted by molar-refractivity contribution is -0.137. The molecule has 3 rings (SSSR count). The van der Waals surface area contributed by atoms with E-state index in [1.54, 1.807) is 18.2 Å². The predicted octanol–water partition coefficient (Wildman–Crippen LogP) is 2.20. The molecule has 1 aromatic carbocycles. The van der Waals surface area contributed by atoms with E-state index < -0.39 is 11.8 Å². The molecule has 2 aliphatic heterocycles. The summed E-state index contributed by atoms with van der Waals surface area (Å²) >= 11 is 0. The predicted molar refractivity (Wildman–Crippen MR) is 101 cm³/mol. The highest BCUT2D eigenvalue weighted by Gasteiger charge is 2.38. The van der Waals surface area contributed by atoms with Gasteiger partial charge in [0, 0.05) is 28.9 Å². The van der Waals surface area contributed by atoms with Gasteiger partial charge in [0.15, 0.2) is 11.5 Å². The molecule has 7 nitrogen and oxygen atoms in total. The van der Waals surface area contributed by atoms with Crippen LogP contribution < -0.4 is 25.4 Å². The number of anilines is 1. The Hall–Kier alpha value is -1.99. The maximum absolute atomic E-state index is 12.3. The van der Waals surface area contributed by atoms with Gasteiger partial charge in [-0.15, -0.1) is 12.4 Å². The van der Waals surface area contributed by atoms with Crippen molar-refractivity contribution >= 4 is 29.9 Å². The van der Waals surface area contributed by atoms with Crippen molar-refractivity contribution in [3.05, 3.63) is 18.2 Å². The molecule has 0 unspecified atom stereocenters. The van der Waals surface area contributed by atoms with Crippen LogP contribution in [0, 0.1) is 0 Å². The van der Waals surface area contributed by atoms with Gasteiger partial charge < -0.3 is 25.4 Å². The number of fused-ring (bicyclic) bond motifs is 1. The maximum atomic E-state index is 12.3. The molecule has 0 atom stereocenters. The number of rotatable bonds is 2.